The first-order chi connectivity index (χ1) is 14.9. The molecule has 1 atom stereocenters. The van der Waals surface area contributed by atoms with Crippen LogP contribution in [0.4, 0.5) is 0 Å². The molecule has 1 aliphatic heterocycles. The van der Waals surface area contributed by atoms with Gasteiger partial charge in [-0.1, -0.05) is 18.0 Å². The number of methoxy groups -OCH3 is 1. The standard InChI is InChI=1S/C23H30N2O6/c1-15-19(16(2)31-24-15)14-29-20-10-9-18(13-21(20)28-4)23(27)30-17(3)22(26)25-11-7-5-6-8-12-25/h9-10,13,17H,5-8,11-12,14H2,1-4H3. The van der Waals surface area contributed by atoms with Crippen LogP contribution in [0.3, 0.4) is 0 Å². The maximum Gasteiger partial charge on any atom is 0.339 e. The fourth-order valence-electron chi connectivity index (χ4n) is 3.60. The lowest BCUT2D eigenvalue weighted by atomic mass is 10.2. The van der Waals surface area contributed by atoms with Crippen molar-refractivity contribution in [1.29, 1.82) is 0 Å². The van der Waals surface area contributed by atoms with Gasteiger partial charge in [0.2, 0.25) is 0 Å². The van der Waals surface area contributed by atoms with Gasteiger partial charge in [-0.15, -0.1) is 0 Å². The molecule has 1 aliphatic rings. The fraction of sp³-hybridized carbons (Fsp3) is 0.522. The maximum absolute atomic E-state index is 12.6. The molecule has 1 saturated heterocycles. The minimum Gasteiger partial charge on any atom is -0.493 e. The van der Waals surface area contributed by atoms with Crippen molar-refractivity contribution in [3.05, 3.63) is 40.8 Å². The normalized spacial score (nSPS) is 15.2. The highest BCUT2D eigenvalue weighted by molar-refractivity contribution is 5.92. The lowest BCUT2D eigenvalue weighted by Gasteiger charge is -2.24. The topological polar surface area (TPSA) is 91.1 Å². The molecule has 1 unspecified atom stereocenters. The predicted octanol–water partition coefficient (Wildman–Crippen LogP) is 3.83. The Hall–Kier alpha value is -3.03. The minimum absolute atomic E-state index is 0.151. The molecule has 0 saturated carbocycles. The van der Waals surface area contributed by atoms with Crippen molar-refractivity contribution in [2.45, 2.75) is 59.2 Å². The van der Waals surface area contributed by atoms with Crippen LogP contribution in [-0.2, 0) is 16.1 Å². The summed E-state index contributed by atoms with van der Waals surface area (Å²) < 4.78 is 21.8. The van der Waals surface area contributed by atoms with E-state index in [9.17, 15) is 9.59 Å². The number of aromatic nitrogens is 1. The van der Waals surface area contributed by atoms with Gasteiger partial charge >= 0.3 is 5.97 Å². The van der Waals surface area contributed by atoms with Gasteiger partial charge in [0.05, 0.1) is 23.9 Å². The van der Waals surface area contributed by atoms with E-state index in [0.717, 1.165) is 36.9 Å². The summed E-state index contributed by atoms with van der Waals surface area (Å²) in [6.45, 7) is 6.98. The Morgan fingerprint density at radius 2 is 1.84 bits per heavy atom. The van der Waals surface area contributed by atoms with Gasteiger partial charge < -0.3 is 23.6 Å². The third-order valence-corrected chi connectivity index (χ3v) is 5.50. The monoisotopic (exact) mass is 430 g/mol. The summed E-state index contributed by atoms with van der Waals surface area (Å²) in [5, 5.41) is 3.91. The maximum atomic E-state index is 12.6. The second kappa shape index (κ2) is 10.3. The molecule has 3 rings (SSSR count). The van der Waals surface area contributed by atoms with E-state index in [1.165, 1.54) is 7.11 Å². The van der Waals surface area contributed by atoms with E-state index in [1.54, 1.807) is 30.0 Å². The van der Waals surface area contributed by atoms with Crippen molar-refractivity contribution in [2.75, 3.05) is 20.2 Å². The largest absolute Gasteiger partial charge is 0.493 e. The van der Waals surface area contributed by atoms with Gasteiger partial charge in [-0.2, -0.15) is 0 Å². The summed E-state index contributed by atoms with van der Waals surface area (Å²) in [4.78, 5) is 27.0. The smallest absolute Gasteiger partial charge is 0.339 e. The van der Waals surface area contributed by atoms with Gasteiger partial charge in [-0.25, -0.2) is 4.79 Å². The first-order valence-corrected chi connectivity index (χ1v) is 10.6. The highest BCUT2D eigenvalue weighted by Gasteiger charge is 2.25. The molecule has 2 aromatic rings. The number of aryl methyl sites for hydroxylation is 2. The van der Waals surface area contributed by atoms with Crippen LogP contribution < -0.4 is 9.47 Å². The highest BCUT2D eigenvalue weighted by Crippen LogP contribution is 2.30. The van der Waals surface area contributed by atoms with Gasteiger partial charge in [0.15, 0.2) is 17.6 Å². The molecular weight excluding hydrogens is 400 g/mol. The van der Waals surface area contributed by atoms with E-state index in [1.807, 2.05) is 13.8 Å². The Kier molecular flexibility index (Phi) is 7.55. The number of rotatable bonds is 7. The zero-order chi connectivity index (χ0) is 22.4. The van der Waals surface area contributed by atoms with E-state index in [4.69, 9.17) is 18.7 Å². The van der Waals surface area contributed by atoms with Gasteiger partial charge in [-0.3, -0.25) is 4.79 Å². The minimum atomic E-state index is -0.841. The summed E-state index contributed by atoms with van der Waals surface area (Å²) in [5.41, 5.74) is 1.92. The molecule has 0 radical (unpaired) electrons. The van der Waals surface area contributed by atoms with Crippen LogP contribution in [0.5, 0.6) is 11.5 Å². The van der Waals surface area contributed by atoms with Gasteiger partial charge in [0.1, 0.15) is 12.4 Å². The molecule has 8 heteroatoms. The number of carbonyl (C=O) groups is 2. The van der Waals surface area contributed by atoms with Crippen molar-refractivity contribution in [3.63, 3.8) is 0 Å². The lowest BCUT2D eigenvalue weighted by molar-refractivity contribution is -0.139. The molecule has 0 N–H and O–H groups in total. The number of likely N-dealkylation sites (tertiary alicyclic amines) is 1. The first-order valence-electron chi connectivity index (χ1n) is 10.6. The third kappa shape index (κ3) is 5.57. The quantitative estimate of drug-likeness (QED) is 0.617. The van der Waals surface area contributed by atoms with Crippen molar-refractivity contribution < 1.29 is 28.3 Å². The molecule has 8 nitrogen and oxygen atoms in total. The number of carbonyl (C=O) groups excluding carboxylic acids is 2. The average Bonchev–Trinajstić information content (AvgIpc) is 2.96. The zero-order valence-electron chi connectivity index (χ0n) is 18.6. The number of benzene rings is 1. The number of nitrogens with zero attached hydrogens (tertiary/aromatic N) is 2. The van der Waals surface area contributed by atoms with Gasteiger partial charge in [-0.05, 0) is 51.8 Å². The second-order valence-electron chi connectivity index (χ2n) is 7.74. The summed E-state index contributed by atoms with van der Waals surface area (Å²) in [5.74, 6) is 0.841. The van der Waals surface area contributed by atoms with Crippen molar-refractivity contribution in [3.8, 4) is 11.5 Å². The van der Waals surface area contributed by atoms with Gasteiger partial charge in [0.25, 0.3) is 5.91 Å². The van der Waals surface area contributed by atoms with E-state index < -0.39 is 12.1 Å². The number of amides is 1. The SMILES string of the molecule is COc1cc(C(=O)OC(C)C(=O)N2CCCCCC2)ccc1OCc1c(C)noc1C. The average molecular weight is 431 g/mol. The number of hydrogen-bond acceptors (Lipinski definition) is 7. The lowest BCUT2D eigenvalue weighted by Crippen LogP contribution is -2.40. The van der Waals surface area contributed by atoms with Gasteiger partial charge in [0, 0.05) is 13.1 Å². The number of hydrogen-bond donors (Lipinski definition) is 0. The first kappa shape index (κ1) is 22.7. The van der Waals surface area contributed by atoms with Crippen molar-refractivity contribution in [2.24, 2.45) is 0 Å². The molecule has 0 aliphatic carbocycles. The molecule has 0 spiro atoms. The van der Waals surface area contributed by atoms with E-state index in [-0.39, 0.29) is 18.1 Å². The Morgan fingerprint density at radius 1 is 1.13 bits per heavy atom. The molecule has 1 fully saturated rings. The molecule has 1 aromatic carbocycles. The molecular formula is C23H30N2O6. The Bertz CT molecular complexity index is 895. The van der Waals surface area contributed by atoms with Crippen LogP contribution in [0.2, 0.25) is 0 Å². The number of esters is 1. The van der Waals surface area contributed by atoms with Crippen LogP contribution in [0.1, 0.15) is 60.0 Å². The Balaban J connectivity index is 1.63. The molecule has 168 valence electrons. The highest BCUT2D eigenvalue weighted by atomic mass is 16.5. The Morgan fingerprint density at radius 3 is 2.45 bits per heavy atom. The summed E-state index contributed by atoms with van der Waals surface area (Å²) in [6.07, 6.45) is 3.38. The molecule has 2 heterocycles. The van der Waals surface area contributed by atoms with Crippen molar-refractivity contribution >= 4 is 11.9 Å². The van der Waals surface area contributed by atoms with Crippen LogP contribution in [0.15, 0.2) is 22.7 Å². The van der Waals surface area contributed by atoms with E-state index in [2.05, 4.69) is 5.16 Å². The summed E-state index contributed by atoms with van der Waals surface area (Å²) in [7, 11) is 1.50. The fourth-order valence-corrected chi connectivity index (χ4v) is 3.60. The van der Waals surface area contributed by atoms with E-state index >= 15 is 0 Å². The molecule has 1 aromatic heterocycles. The molecule has 0 bridgehead atoms. The molecule has 1 amide bonds. The van der Waals surface area contributed by atoms with E-state index in [0.29, 0.717) is 30.3 Å². The van der Waals surface area contributed by atoms with Crippen LogP contribution in [0, 0.1) is 13.8 Å². The van der Waals surface area contributed by atoms with Crippen molar-refractivity contribution in [1.82, 2.24) is 10.1 Å². The number of ether oxygens (including phenoxy) is 3. The summed E-state index contributed by atoms with van der Waals surface area (Å²) in [6, 6.07) is 4.79. The van der Waals surface area contributed by atoms with Crippen LogP contribution in [0.25, 0.3) is 0 Å². The van der Waals surface area contributed by atoms with Crippen LogP contribution in [-0.4, -0.2) is 48.2 Å². The Labute approximate surface area is 182 Å². The zero-order valence-corrected chi connectivity index (χ0v) is 18.6. The third-order valence-electron chi connectivity index (χ3n) is 5.50. The molecule has 31 heavy (non-hydrogen) atoms. The summed E-state index contributed by atoms with van der Waals surface area (Å²) >= 11 is 0. The van der Waals surface area contributed by atoms with Crippen LogP contribution >= 0.6 is 0 Å². The predicted molar refractivity (Wildman–Crippen MR) is 113 cm³/mol. The second-order valence-corrected chi connectivity index (χ2v) is 7.74.